The maximum absolute atomic E-state index is 13.0. The van der Waals surface area contributed by atoms with E-state index in [0.29, 0.717) is 17.9 Å². The summed E-state index contributed by atoms with van der Waals surface area (Å²) in [5.41, 5.74) is 2.14. The molecule has 1 fully saturated rings. The third-order valence-electron chi connectivity index (χ3n) is 5.28. The van der Waals surface area contributed by atoms with Gasteiger partial charge in [-0.3, -0.25) is 14.6 Å². The molecule has 2 aromatic carbocycles. The molecule has 1 aromatic heterocycles. The lowest BCUT2D eigenvalue weighted by Gasteiger charge is -2.17. The highest BCUT2D eigenvalue weighted by Gasteiger charge is 2.40. The number of carboxylic acid groups (broad SMARTS) is 1. The van der Waals surface area contributed by atoms with E-state index in [4.69, 9.17) is 4.74 Å². The lowest BCUT2D eigenvalue weighted by molar-refractivity contribution is -0.141. The molecule has 0 saturated carbocycles. The highest BCUT2D eigenvalue weighted by atomic mass is 16.5. The van der Waals surface area contributed by atoms with Crippen LogP contribution in [-0.2, 0) is 4.79 Å². The molecule has 6 heteroatoms. The first-order valence-corrected chi connectivity index (χ1v) is 9.07. The summed E-state index contributed by atoms with van der Waals surface area (Å²) in [4.78, 5) is 30.8. The molecule has 0 aliphatic carbocycles. The lowest BCUT2D eigenvalue weighted by atomic mass is 9.89. The van der Waals surface area contributed by atoms with Crippen LogP contribution >= 0.6 is 0 Å². The molecule has 1 aliphatic heterocycles. The zero-order chi connectivity index (χ0) is 19.7. The first-order chi connectivity index (χ1) is 13.6. The van der Waals surface area contributed by atoms with Crippen LogP contribution in [0.1, 0.15) is 21.8 Å². The Labute approximate surface area is 162 Å². The Hall–Kier alpha value is -3.41. The number of hydrogen-bond acceptors (Lipinski definition) is 4. The quantitative estimate of drug-likeness (QED) is 0.756. The molecule has 28 heavy (non-hydrogen) atoms. The van der Waals surface area contributed by atoms with Gasteiger partial charge in [-0.25, -0.2) is 0 Å². The Kier molecular flexibility index (Phi) is 4.69. The summed E-state index contributed by atoms with van der Waals surface area (Å²) in [5.74, 6) is -1.38. The fourth-order valence-corrected chi connectivity index (χ4v) is 3.80. The standard InChI is InChI=1S/C22H20N2O4/c1-28-17-7-4-6-14(10-17)18-12-24(13-19(18)22(26)27)21(25)16-9-15-5-2-3-8-20(15)23-11-16/h2-11,18-19H,12-13H2,1H3,(H,26,27). The van der Waals surface area contributed by atoms with Gasteiger partial charge in [-0.2, -0.15) is 0 Å². The Bertz CT molecular complexity index is 1050. The van der Waals surface area contributed by atoms with Gasteiger partial charge in [0.1, 0.15) is 5.75 Å². The number of aliphatic carboxylic acids is 1. The van der Waals surface area contributed by atoms with Gasteiger partial charge in [0, 0.05) is 30.6 Å². The van der Waals surface area contributed by atoms with Crippen molar-refractivity contribution < 1.29 is 19.4 Å². The number of benzene rings is 2. The van der Waals surface area contributed by atoms with Crippen LogP contribution in [0.25, 0.3) is 10.9 Å². The van der Waals surface area contributed by atoms with Crippen LogP contribution in [0, 0.1) is 5.92 Å². The average Bonchev–Trinajstić information content (AvgIpc) is 3.19. The highest BCUT2D eigenvalue weighted by molar-refractivity contribution is 5.97. The van der Waals surface area contributed by atoms with E-state index in [1.165, 1.54) is 0 Å². The van der Waals surface area contributed by atoms with E-state index < -0.39 is 11.9 Å². The number of fused-ring (bicyclic) bond motifs is 1. The molecule has 0 radical (unpaired) electrons. The Morgan fingerprint density at radius 3 is 2.71 bits per heavy atom. The van der Waals surface area contributed by atoms with Gasteiger partial charge in [0.2, 0.25) is 0 Å². The minimum absolute atomic E-state index is 0.170. The number of nitrogens with zero attached hydrogens (tertiary/aromatic N) is 2. The summed E-state index contributed by atoms with van der Waals surface area (Å²) in [6.07, 6.45) is 1.55. The number of hydrogen-bond donors (Lipinski definition) is 1. The number of pyridine rings is 1. The van der Waals surface area contributed by atoms with Crippen LogP contribution < -0.4 is 4.74 Å². The zero-order valence-corrected chi connectivity index (χ0v) is 15.4. The first kappa shape index (κ1) is 18.0. The van der Waals surface area contributed by atoms with Crippen LogP contribution in [0.3, 0.4) is 0 Å². The lowest BCUT2D eigenvalue weighted by Crippen LogP contribution is -2.30. The monoisotopic (exact) mass is 376 g/mol. The number of carboxylic acids is 1. The first-order valence-electron chi connectivity index (χ1n) is 9.07. The van der Waals surface area contributed by atoms with Gasteiger partial charge in [0.25, 0.3) is 5.91 Å². The predicted molar refractivity (Wildman–Crippen MR) is 105 cm³/mol. The fraction of sp³-hybridized carbons (Fsp3) is 0.227. The van der Waals surface area contributed by atoms with Crippen molar-refractivity contribution in [1.29, 1.82) is 0 Å². The molecule has 1 aliphatic rings. The molecule has 3 aromatic rings. The third kappa shape index (κ3) is 3.29. The maximum Gasteiger partial charge on any atom is 0.308 e. The molecule has 1 N–H and O–H groups in total. The van der Waals surface area contributed by atoms with Crippen molar-refractivity contribution in [2.45, 2.75) is 5.92 Å². The van der Waals surface area contributed by atoms with Gasteiger partial charge >= 0.3 is 5.97 Å². The molecule has 1 amide bonds. The van der Waals surface area contributed by atoms with Crippen molar-refractivity contribution in [2.24, 2.45) is 5.92 Å². The normalized spacial score (nSPS) is 19.0. The van der Waals surface area contributed by atoms with Crippen molar-refractivity contribution in [3.8, 4) is 5.75 Å². The van der Waals surface area contributed by atoms with E-state index in [-0.39, 0.29) is 18.4 Å². The summed E-state index contributed by atoms with van der Waals surface area (Å²) in [6.45, 7) is 0.513. The number of ether oxygens (including phenoxy) is 1. The summed E-state index contributed by atoms with van der Waals surface area (Å²) in [7, 11) is 1.57. The molecule has 142 valence electrons. The second kappa shape index (κ2) is 7.31. The largest absolute Gasteiger partial charge is 0.497 e. The summed E-state index contributed by atoms with van der Waals surface area (Å²) >= 11 is 0. The van der Waals surface area contributed by atoms with Crippen molar-refractivity contribution >= 4 is 22.8 Å². The molecule has 2 atom stereocenters. The average molecular weight is 376 g/mol. The molecule has 6 nitrogen and oxygen atoms in total. The smallest absolute Gasteiger partial charge is 0.308 e. The van der Waals surface area contributed by atoms with Gasteiger partial charge < -0.3 is 14.7 Å². The number of aromatic nitrogens is 1. The van der Waals surface area contributed by atoms with Gasteiger partial charge in [-0.1, -0.05) is 30.3 Å². The van der Waals surface area contributed by atoms with Crippen LogP contribution in [0.2, 0.25) is 0 Å². The number of carbonyl (C=O) groups is 2. The van der Waals surface area contributed by atoms with Crippen LogP contribution in [0.5, 0.6) is 5.75 Å². The second-order valence-electron chi connectivity index (χ2n) is 6.95. The van der Waals surface area contributed by atoms with E-state index in [2.05, 4.69) is 4.98 Å². The van der Waals surface area contributed by atoms with E-state index in [1.54, 1.807) is 24.3 Å². The second-order valence-corrected chi connectivity index (χ2v) is 6.95. The number of carbonyl (C=O) groups excluding carboxylic acids is 1. The van der Waals surface area contributed by atoms with Gasteiger partial charge in [0.05, 0.1) is 24.1 Å². The highest BCUT2D eigenvalue weighted by Crippen LogP contribution is 2.35. The SMILES string of the molecule is COc1cccc(C2CN(C(=O)c3cnc4ccccc4c3)CC2C(=O)O)c1. The minimum atomic E-state index is -0.903. The topological polar surface area (TPSA) is 79.7 Å². The van der Waals surface area contributed by atoms with E-state index in [9.17, 15) is 14.7 Å². The van der Waals surface area contributed by atoms with Crippen molar-refractivity contribution in [3.63, 3.8) is 0 Å². The van der Waals surface area contributed by atoms with Gasteiger partial charge in [-0.05, 0) is 29.8 Å². The van der Waals surface area contributed by atoms with Crippen molar-refractivity contribution in [2.75, 3.05) is 20.2 Å². The van der Waals surface area contributed by atoms with E-state index in [0.717, 1.165) is 16.5 Å². The predicted octanol–water partition coefficient (Wildman–Crippen LogP) is 3.18. The zero-order valence-electron chi connectivity index (χ0n) is 15.4. The number of para-hydroxylation sites is 1. The van der Waals surface area contributed by atoms with Crippen LogP contribution in [0.4, 0.5) is 0 Å². The molecule has 4 rings (SSSR count). The molecule has 2 heterocycles. The number of rotatable bonds is 4. The van der Waals surface area contributed by atoms with Crippen molar-refractivity contribution in [1.82, 2.24) is 9.88 Å². The van der Waals surface area contributed by atoms with Gasteiger partial charge in [-0.15, -0.1) is 0 Å². The van der Waals surface area contributed by atoms with Crippen LogP contribution in [0.15, 0.2) is 60.8 Å². The summed E-state index contributed by atoms with van der Waals surface area (Å²) in [5, 5.41) is 10.6. The van der Waals surface area contributed by atoms with E-state index >= 15 is 0 Å². The fourth-order valence-electron chi connectivity index (χ4n) is 3.80. The number of likely N-dealkylation sites (tertiary alicyclic amines) is 1. The Balaban J connectivity index is 1.62. The van der Waals surface area contributed by atoms with Crippen LogP contribution in [-0.4, -0.2) is 47.1 Å². The van der Waals surface area contributed by atoms with Gasteiger partial charge in [0.15, 0.2) is 0 Å². The number of amides is 1. The minimum Gasteiger partial charge on any atom is -0.497 e. The molecular weight excluding hydrogens is 356 g/mol. The number of methoxy groups -OCH3 is 1. The van der Waals surface area contributed by atoms with E-state index in [1.807, 2.05) is 48.5 Å². The molecule has 2 unspecified atom stereocenters. The third-order valence-corrected chi connectivity index (χ3v) is 5.28. The summed E-state index contributed by atoms with van der Waals surface area (Å²) < 4.78 is 5.26. The molecule has 1 saturated heterocycles. The summed E-state index contributed by atoms with van der Waals surface area (Å²) in [6, 6.07) is 16.8. The van der Waals surface area contributed by atoms with Crippen molar-refractivity contribution in [3.05, 3.63) is 71.9 Å². The Morgan fingerprint density at radius 2 is 1.93 bits per heavy atom. The Morgan fingerprint density at radius 1 is 1.11 bits per heavy atom. The maximum atomic E-state index is 13.0. The molecular formula is C22H20N2O4. The molecule has 0 spiro atoms. The molecule has 0 bridgehead atoms.